The lowest BCUT2D eigenvalue weighted by molar-refractivity contribution is -0.163. The number of carbonyl (C=O) groups is 2. The highest BCUT2D eigenvalue weighted by Gasteiger charge is 2.17. The fourth-order valence-electron chi connectivity index (χ4n) is 3.25. The third-order valence-corrected chi connectivity index (χ3v) is 7.12. The number of hydrogen-bond acceptors (Lipinski definition) is 12. The maximum Gasteiger partial charge on any atom is 0.347 e. The zero-order chi connectivity index (χ0) is 27.6. The van der Waals surface area contributed by atoms with E-state index in [-0.39, 0.29) is 6.61 Å². The molecule has 12 heteroatoms. The zero-order valence-electron chi connectivity index (χ0n) is 21.4. The summed E-state index contributed by atoms with van der Waals surface area (Å²) < 4.78 is 11.0. The summed E-state index contributed by atoms with van der Waals surface area (Å²) in [6, 6.07) is 17.1. The largest absolute Gasteiger partial charge is 0.463 e. The number of thiophene rings is 1. The molecular formula is C27H26N6O4S2. The van der Waals surface area contributed by atoms with Gasteiger partial charge in [-0.3, -0.25) is 0 Å². The summed E-state index contributed by atoms with van der Waals surface area (Å²) in [6.07, 6.45) is 0.528. The molecule has 1 N–H and O–H groups in total. The van der Waals surface area contributed by atoms with Crippen molar-refractivity contribution in [3.8, 4) is 0 Å². The SMILES string of the molecule is C=CC(=O)OC(C)C(=O)OCCc1ccc(N=Nc2cc3sc(N=Nc4ccc(NCC)cc4)nc3s2)cc1. The van der Waals surface area contributed by atoms with E-state index in [1.807, 2.05) is 54.6 Å². The lowest BCUT2D eigenvalue weighted by Crippen LogP contribution is -2.26. The highest BCUT2D eigenvalue weighted by atomic mass is 32.1. The van der Waals surface area contributed by atoms with Crippen molar-refractivity contribution in [1.29, 1.82) is 0 Å². The Bertz CT molecular complexity index is 1460. The summed E-state index contributed by atoms with van der Waals surface area (Å²) in [5.74, 6) is -1.28. The Morgan fingerprint density at radius 3 is 2.38 bits per heavy atom. The van der Waals surface area contributed by atoms with Crippen molar-refractivity contribution in [3.63, 3.8) is 0 Å². The molecule has 0 aliphatic carbocycles. The van der Waals surface area contributed by atoms with Crippen LogP contribution >= 0.6 is 22.7 Å². The fourth-order valence-corrected chi connectivity index (χ4v) is 5.10. The minimum Gasteiger partial charge on any atom is -0.463 e. The van der Waals surface area contributed by atoms with Crippen molar-refractivity contribution in [3.05, 3.63) is 72.8 Å². The number of fused-ring (bicyclic) bond motifs is 1. The van der Waals surface area contributed by atoms with E-state index in [4.69, 9.17) is 9.47 Å². The first-order valence-corrected chi connectivity index (χ1v) is 13.7. The van der Waals surface area contributed by atoms with Crippen LogP contribution in [0.2, 0.25) is 0 Å². The monoisotopic (exact) mass is 562 g/mol. The molecule has 1 atom stereocenters. The van der Waals surface area contributed by atoms with Crippen molar-refractivity contribution in [2.75, 3.05) is 18.5 Å². The lowest BCUT2D eigenvalue weighted by atomic mass is 10.1. The molecule has 0 aliphatic heterocycles. The smallest absolute Gasteiger partial charge is 0.347 e. The van der Waals surface area contributed by atoms with Gasteiger partial charge in [-0.25, -0.2) is 14.6 Å². The molecule has 10 nitrogen and oxygen atoms in total. The van der Waals surface area contributed by atoms with Gasteiger partial charge in [-0.2, -0.15) is 0 Å². The van der Waals surface area contributed by atoms with E-state index in [9.17, 15) is 9.59 Å². The number of rotatable bonds is 12. The molecule has 0 spiro atoms. The molecule has 0 aliphatic rings. The van der Waals surface area contributed by atoms with Crippen LogP contribution in [0.15, 0.2) is 87.7 Å². The normalized spacial score (nSPS) is 12.2. The van der Waals surface area contributed by atoms with Crippen molar-refractivity contribution in [1.82, 2.24) is 4.98 Å². The van der Waals surface area contributed by atoms with Gasteiger partial charge in [0.2, 0.25) is 5.13 Å². The van der Waals surface area contributed by atoms with Crippen LogP contribution < -0.4 is 5.32 Å². The van der Waals surface area contributed by atoms with Crippen LogP contribution in [0.5, 0.6) is 0 Å². The van der Waals surface area contributed by atoms with Gasteiger partial charge in [-0.1, -0.05) is 41.4 Å². The molecule has 0 amide bonds. The standard InChI is InChI=1S/C27H26N6O4S2/c1-4-24(34)37-17(3)26(35)36-15-14-18-6-8-20(9-7-18)30-32-23-16-22-25(39-23)29-27(38-22)33-31-21-12-10-19(11-13-21)28-5-2/h4,6-13,16-17,28H,1,5,14-15H2,2-3H3. The first-order chi connectivity index (χ1) is 18.9. The Morgan fingerprint density at radius 1 is 1.03 bits per heavy atom. The van der Waals surface area contributed by atoms with Gasteiger partial charge in [0, 0.05) is 24.7 Å². The van der Waals surface area contributed by atoms with E-state index in [1.54, 1.807) is 0 Å². The predicted octanol–water partition coefficient (Wildman–Crippen LogP) is 7.82. The second-order valence-electron chi connectivity index (χ2n) is 8.09. The summed E-state index contributed by atoms with van der Waals surface area (Å²) in [5.41, 5.74) is 3.47. The number of azo groups is 2. The second-order valence-corrected chi connectivity index (χ2v) is 10.1. The Labute approximate surface area is 233 Å². The van der Waals surface area contributed by atoms with Crippen molar-refractivity contribution >= 4 is 71.3 Å². The van der Waals surface area contributed by atoms with Crippen molar-refractivity contribution in [2.24, 2.45) is 20.5 Å². The molecular weight excluding hydrogens is 536 g/mol. The van der Waals surface area contributed by atoms with Gasteiger partial charge in [0.15, 0.2) is 6.10 Å². The maximum absolute atomic E-state index is 11.9. The van der Waals surface area contributed by atoms with Gasteiger partial charge in [-0.05, 0) is 61.9 Å². The van der Waals surface area contributed by atoms with Gasteiger partial charge in [0.1, 0.15) is 9.83 Å². The number of anilines is 1. The molecule has 39 heavy (non-hydrogen) atoms. The number of ether oxygens (including phenoxy) is 2. The van der Waals surface area contributed by atoms with Crippen LogP contribution in [-0.4, -0.2) is 36.2 Å². The Balaban J connectivity index is 1.27. The van der Waals surface area contributed by atoms with E-state index in [1.165, 1.54) is 29.6 Å². The predicted molar refractivity (Wildman–Crippen MR) is 153 cm³/mol. The molecule has 4 rings (SSSR count). The number of aromatic nitrogens is 1. The quantitative estimate of drug-likeness (QED) is 0.106. The Kier molecular flexibility index (Phi) is 9.59. The number of hydrogen-bond donors (Lipinski definition) is 1. The number of esters is 2. The molecule has 0 bridgehead atoms. The number of nitrogens with one attached hydrogen (secondary N) is 1. The van der Waals surface area contributed by atoms with Crippen LogP contribution in [0.3, 0.4) is 0 Å². The molecule has 0 fully saturated rings. The summed E-state index contributed by atoms with van der Waals surface area (Å²) in [6.45, 7) is 7.83. The average molecular weight is 563 g/mol. The first-order valence-electron chi connectivity index (χ1n) is 12.1. The second kappa shape index (κ2) is 13.5. The zero-order valence-corrected chi connectivity index (χ0v) is 23.0. The molecule has 0 saturated carbocycles. The fraction of sp³-hybridized carbons (Fsp3) is 0.222. The number of nitrogens with zero attached hydrogens (tertiary/aromatic N) is 5. The summed E-state index contributed by atoms with van der Waals surface area (Å²) in [5, 5.41) is 21.7. The van der Waals surface area contributed by atoms with Gasteiger partial charge < -0.3 is 14.8 Å². The summed E-state index contributed by atoms with van der Waals surface area (Å²) in [7, 11) is 0. The first kappa shape index (κ1) is 27.7. The molecule has 2 aromatic carbocycles. The Hall–Kier alpha value is -4.29. The molecule has 2 aromatic heterocycles. The van der Waals surface area contributed by atoms with Crippen LogP contribution in [0, 0.1) is 0 Å². The van der Waals surface area contributed by atoms with Crippen LogP contribution in [-0.2, 0) is 25.5 Å². The molecule has 2 heterocycles. The van der Waals surface area contributed by atoms with E-state index in [0.29, 0.717) is 17.2 Å². The third kappa shape index (κ3) is 8.09. The van der Waals surface area contributed by atoms with Gasteiger partial charge in [0.25, 0.3) is 0 Å². The summed E-state index contributed by atoms with van der Waals surface area (Å²) >= 11 is 2.88. The Morgan fingerprint density at radius 2 is 1.72 bits per heavy atom. The van der Waals surface area contributed by atoms with Gasteiger partial charge in [0.05, 0.1) is 22.7 Å². The van der Waals surface area contributed by atoms with Gasteiger partial charge >= 0.3 is 11.9 Å². The molecule has 1 unspecified atom stereocenters. The topological polar surface area (TPSA) is 127 Å². The highest BCUT2D eigenvalue weighted by molar-refractivity contribution is 7.30. The van der Waals surface area contributed by atoms with Crippen molar-refractivity contribution < 1.29 is 19.1 Å². The molecule has 4 aromatic rings. The number of benzene rings is 2. The minimum absolute atomic E-state index is 0.166. The summed E-state index contributed by atoms with van der Waals surface area (Å²) in [4.78, 5) is 28.4. The number of thiazole rings is 1. The van der Waals surface area contributed by atoms with Crippen LogP contribution in [0.4, 0.5) is 27.2 Å². The molecule has 0 saturated heterocycles. The highest BCUT2D eigenvalue weighted by Crippen LogP contribution is 2.39. The van der Waals surface area contributed by atoms with E-state index < -0.39 is 18.0 Å². The molecule has 0 radical (unpaired) electrons. The van der Waals surface area contributed by atoms with E-state index in [0.717, 1.165) is 44.1 Å². The van der Waals surface area contributed by atoms with E-state index >= 15 is 0 Å². The van der Waals surface area contributed by atoms with E-state index in [2.05, 4.69) is 44.3 Å². The maximum atomic E-state index is 11.9. The average Bonchev–Trinajstić information content (AvgIpc) is 3.51. The van der Waals surface area contributed by atoms with Crippen LogP contribution in [0.1, 0.15) is 19.4 Å². The number of carbonyl (C=O) groups excluding carboxylic acids is 2. The minimum atomic E-state index is -0.983. The molecule has 200 valence electrons. The van der Waals surface area contributed by atoms with Crippen molar-refractivity contribution in [2.45, 2.75) is 26.4 Å². The van der Waals surface area contributed by atoms with Gasteiger partial charge in [-0.15, -0.1) is 20.5 Å². The third-order valence-electron chi connectivity index (χ3n) is 5.19. The van der Waals surface area contributed by atoms with Crippen LogP contribution in [0.25, 0.3) is 9.53 Å². The lowest BCUT2D eigenvalue weighted by Gasteiger charge is -2.11.